The van der Waals surface area contributed by atoms with Gasteiger partial charge in [-0.05, 0) is 42.8 Å². The molecule has 0 aromatic rings. The molecule has 0 aromatic carbocycles. The minimum atomic E-state index is -2.02. The van der Waals surface area contributed by atoms with Gasteiger partial charge in [0.2, 0.25) is 0 Å². The molecule has 0 aliphatic carbocycles. The van der Waals surface area contributed by atoms with Crippen molar-refractivity contribution >= 4 is 14.3 Å². The quantitative estimate of drug-likeness (QED) is 0.454. The Hall–Kier alpha value is -0.653. The number of aliphatic hydroxyl groups excluding tert-OH is 1. The molecule has 0 aromatic heterocycles. The van der Waals surface area contributed by atoms with Crippen LogP contribution in [0.5, 0.6) is 0 Å². The Labute approximate surface area is 143 Å². The third-order valence-corrected chi connectivity index (χ3v) is 9.66. The highest BCUT2D eigenvalue weighted by Gasteiger charge is 2.40. The predicted octanol–water partition coefficient (Wildman–Crippen LogP) is 4.45. The van der Waals surface area contributed by atoms with Gasteiger partial charge in [-0.2, -0.15) is 0 Å². The van der Waals surface area contributed by atoms with E-state index in [0.29, 0.717) is 6.42 Å². The van der Waals surface area contributed by atoms with Gasteiger partial charge in [0, 0.05) is 0 Å². The molecule has 0 amide bonds. The van der Waals surface area contributed by atoms with Gasteiger partial charge in [-0.15, -0.1) is 6.58 Å². The molecular formula is C18H36O4Si. The molecule has 4 atom stereocenters. The summed E-state index contributed by atoms with van der Waals surface area (Å²) < 4.78 is 6.35. The highest BCUT2D eigenvalue weighted by atomic mass is 28.4. The molecule has 0 aliphatic rings. The molecular weight excluding hydrogens is 308 g/mol. The zero-order valence-corrected chi connectivity index (χ0v) is 16.9. The minimum absolute atomic E-state index is 0.0147. The molecule has 136 valence electrons. The summed E-state index contributed by atoms with van der Waals surface area (Å²) in [6.07, 6.45) is 2.39. The number of carboxylic acid groups (broad SMARTS) is 1. The van der Waals surface area contributed by atoms with E-state index >= 15 is 0 Å². The fourth-order valence-corrected chi connectivity index (χ4v) is 3.55. The first-order chi connectivity index (χ1) is 10.3. The van der Waals surface area contributed by atoms with E-state index < -0.39 is 20.4 Å². The van der Waals surface area contributed by atoms with Gasteiger partial charge < -0.3 is 14.6 Å². The summed E-state index contributed by atoms with van der Waals surface area (Å²) in [5.41, 5.74) is 0. The number of aliphatic hydroxyl groups is 1. The fraction of sp³-hybridized carbons (Fsp3) is 0.833. The van der Waals surface area contributed by atoms with Crippen LogP contribution in [0.15, 0.2) is 12.7 Å². The molecule has 0 saturated carbocycles. The number of carbonyl (C=O) groups is 1. The van der Waals surface area contributed by atoms with Crippen molar-refractivity contribution in [2.45, 2.75) is 84.2 Å². The van der Waals surface area contributed by atoms with Gasteiger partial charge in [-0.1, -0.05) is 40.7 Å². The molecule has 0 aliphatic heterocycles. The first kappa shape index (κ1) is 22.3. The topological polar surface area (TPSA) is 66.8 Å². The van der Waals surface area contributed by atoms with Gasteiger partial charge >= 0.3 is 5.97 Å². The lowest BCUT2D eigenvalue weighted by molar-refractivity contribution is -0.139. The number of carboxylic acids is 1. The highest BCUT2D eigenvalue weighted by Crippen LogP contribution is 2.39. The first-order valence-corrected chi connectivity index (χ1v) is 11.4. The van der Waals surface area contributed by atoms with Crippen molar-refractivity contribution in [1.29, 1.82) is 0 Å². The van der Waals surface area contributed by atoms with E-state index in [9.17, 15) is 15.0 Å². The van der Waals surface area contributed by atoms with E-state index in [-0.39, 0.29) is 29.4 Å². The lowest BCUT2D eigenvalue weighted by Crippen LogP contribution is -2.46. The molecule has 4 nitrogen and oxygen atoms in total. The average Bonchev–Trinajstić information content (AvgIpc) is 2.40. The molecule has 5 heteroatoms. The van der Waals surface area contributed by atoms with Crippen LogP contribution in [0, 0.1) is 11.8 Å². The van der Waals surface area contributed by atoms with Crippen LogP contribution in [0.25, 0.3) is 0 Å². The van der Waals surface area contributed by atoms with E-state index in [1.54, 1.807) is 6.08 Å². The maximum atomic E-state index is 11.2. The lowest BCUT2D eigenvalue weighted by Gasteiger charge is -2.40. The zero-order chi connectivity index (χ0) is 18.4. The van der Waals surface area contributed by atoms with E-state index in [1.165, 1.54) is 0 Å². The van der Waals surface area contributed by atoms with E-state index in [4.69, 9.17) is 4.43 Å². The van der Waals surface area contributed by atoms with Crippen molar-refractivity contribution < 1.29 is 19.4 Å². The van der Waals surface area contributed by atoms with Crippen LogP contribution in [-0.2, 0) is 9.22 Å². The minimum Gasteiger partial charge on any atom is -0.481 e. The van der Waals surface area contributed by atoms with Gasteiger partial charge in [0.1, 0.15) is 0 Å². The van der Waals surface area contributed by atoms with Crippen molar-refractivity contribution in [3.05, 3.63) is 12.7 Å². The van der Waals surface area contributed by atoms with E-state index in [2.05, 4.69) is 40.4 Å². The van der Waals surface area contributed by atoms with Crippen LogP contribution in [0.3, 0.4) is 0 Å². The first-order valence-electron chi connectivity index (χ1n) is 8.52. The lowest BCUT2D eigenvalue weighted by atomic mass is 9.92. The van der Waals surface area contributed by atoms with Crippen LogP contribution in [0.2, 0.25) is 18.1 Å². The zero-order valence-electron chi connectivity index (χ0n) is 15.9. The third-order valence-electron chi connectivity index (χ3n) is 5.16. The number of hydrogen-bond acceptors (Lipinski definition) is 3. The third kappa shape index (κ3) is 7.64. The smallest absolute Gasteiger partial charge is 0.305 e. The molecule has 0 spiro atoms. The molecule has 0 saturated heterocycles. The van der Waals surface area contributed by atoms with E-state index in [1.807, 2.05) is 13.8 Å². The van der Waals surface area contributed by atoms with Gasteiger partial charge in [-0.25, -0.2) is 0 Å². The van der Waals surface area contributed by atoms with Gasteiger partial charge in [0.05, 0.1) is 18.6 Å². The van der Waals surface area contributed by atoms with Gasteiger partial charge in [0.15, 0.2) is 8.32 Å². The van der Waals surface area contributed by atoms with Crippen molar-refractivity contribution in [1.82, 2.24) is 0 Å². The molecule has 23 heavy (non-hydrogen) atoms. The van der Waals surface area contributed by atoms with Crippen LogP contribution < -0.4 is 0 Å². The Morgan fingerprint density at radius 1 is 1.26 bits per heavy atom. The van der Waals surface area contributed by atoms with Gasteiger partial charge in [-0.3, -0.25) is 4.79 Å². The maximum absolute atomic E-state index is 11.2. The second kappa shape index (κ2) is 8.99. The van der Waals surface area contributed by atoms with Gasteiger partial charge in [0.25, 0.3) is 0 Å². The van der Waals surface area contributed by atoms with E-state index in [0.717, 1.165) is 6.42 Å². The average molecular weight is 345 g/mol. The van der Waals surface area contributed by atoms with Crippen molar-refractivity contribution in [3.8, 4) is 0 Å². The molecule has 2 N–H and O–H groups in total. The van der Waals surface area contributed by atoms with Crippen molar-refractivity contribution in [3.63, 3.8) is 0 Å². The summed E-state index contributed by atoms with van der Waals surface area (Å²) in [5.74, 6) is -0.700. The largest absolute Gasteiger partial charge is 0.481 e. The summed E-state index contributed by atoms with van der Waals surface area (Å²) >= 11 is 0. The van der Waals surface area contributed by atoms with Crippen LogP contribution >= 0.6 is 0 Å². The Kier molecular flexibility index (Phi) is 8.74. The predicted molar refractivity (Wildman–Crippen MR) is 98.1 cm³/mol. The Balaban J connectivity index is 4.90. The molecule has 0 unspecified atom stereocenters. The SMILES string of the molecule is C=C[C@@H](C)[C@@H](O)CC[C@H](C)[C@@H](CC(=O)O)O[Si](C)(C)C(C)(C)C. The summed E-state index contributed by atoms with van der Waals surface area (Å²) in [6, 6.07) is 0. The molecule has 0 fully saturated rings. The Morgan fingerprint density at radius 2 is 1.78 bits per heavy atom. The standard InChI is InChI=1S/C18H36O4Si/c1-9-13(2)15(19)11-10-14(3)16(12-17(20)21)22-23(7,8)18(4,5)6/h9,13-16,19H,1,10-12H2,2-8H3,(H,20,21)/t13-,14+,15+,16-/m1/s1. The molecule has 0 heterocycles. The second-order valence-corrected chi connectivity index (χ2v) is 13.0. The summed E-state index contributed by atoms with van der Waals surface area (Å²) in [6.45, 7) is 18.4. The van der Waals surface area contributed by atoms with Crippen LogP contribution in [0.4, 0.5) is 0 Å². The summed E-state index contributed by atoms with van der Waals surface area (Å²) in [7, 11) is -2.02. The number of rotatable bonds is 10. The van der Waals surface area contributed by atoms with Crippen LogP contribution in [-0.4, -0.2) is 36.7 Å². The van der Waals surface area contributed by atoms with Crippen molar-refractivity contribution in [2.24, 2.45) is 11.8 Å². The summed E-state index contributed by atoms with van der Waals surface area (Å²) in [4.78, 5) is 11.2. The Bertz CT molecular complexity index is 387. The Morgan fingerprint density at radius 3 is 2.17 bits per heavy atom. The van der Waals surface area contributed by atoms with Crippen molar-refractivity contribution in [2.75, 3.05) is 0 Å². The summed E-state index contributed by atoms with van der Waals surface area (Å²) in [5, 5.41) is 19.3. The second-order valence-electron chi connectivity index (χ2n) is 8.23. The highest BCUT2D eigenvalue weighted by molar-refractivity contribution is 6.74. The van der Waals surface area contributed by atoms with Crippen LogP contribution in [0.1, 0.15) is 53.9 Å². The number of aliphatic carboxylic acids is 1. The normalized spacial score (nSPS) is 18.1. The number of hydrogen-bond donors (Lipinski definition) is 2. The maximum Gasteiger partial charge on any atom is 0.305 e. The fourth-order valence-electron chi connectivity index (χ4n) is 2.13. The molecule has 0 radical (unpaired) electrons. The molecule has 0 bridgehead atoms. The monoisotopic (exact) mass is 344 g/mol. The molecule has 0 rings (SSSR count).